The molecular formula is C19H30. The van der Waals surface area contributed by atoms with Crippen molar-refractivity contribution in [1.29, 1.82) is 0 Å². The summed E-state index contributed by atoms with van der Waals surface area (Å²) in [6.07, 6.45) is 5.53. The normalized spacial score (nSPS) is 10.7. The lowest BCUT2D eigenvalue weighted by Gasteiger charge is -2.12. The molecule has 0 saturated carbocycles. The van der Waals surface area contributed by atoms with Crippen molar-refractivity contribution in [2.75, 3.05) is 0 Å². The summed E-state index contributed by atoms with van der Waals surface area (Å²) in [5.41, 5.74) is 6.89. The summed E-state index contributed by atoms with van der Waals surface area (Å²) in [6.45, 7) is 16.7. The zero-order valence-electron chi connectivity index (χ0n) is 13.6. The Labute approximate surface area is 120 Å². The van der Waals surface area contributed by atoms with Gasteiger partial charge in [-0.05, 0) is 56.7 Å². The molecule has 1 aromatic rings. The van der Waals surface area contributed by atoms with E-state index in [0.29, 0.717) is 0 Å². The number of hydrogen-bond acceptors (Lipinski definition) is 0. The predicted octanol–water partition coefficient (Wildman–Crippen LogP) is 6.48. The highest BCUT2D eigenvalue weighted by atomic mass is 14.1. The van der Waals surface area contributed by atoms with E-state index in [1.54, 1.807) is 0 Å². The Bertz CT molecular complexity index is 422. The van der Waals surface area contributed by atoms with Crippen molar-refractivity contribution in [2.45, 2.75) is 60.8 Å². The number of allylic oxidation sites excluding steroid dienone is 3. The van der Waals surface area contributed by atoms with E-state index in [4.69, 9.17) is 0 Å². The van der Waals surface area contributed by atoms with Gasteiger partial charge >= 0.3 is 0 Å². The lowest BCUT2D eigenvalue weighted by molar-refractivity contribution is 0.923. The SMILES string of the molecule is C=C(CC)CC/C(=C/C)c1cc(C)ccc1C.CC. The molecule has 0 nitrogen and oxygen atoms in total. The van der Waals surface area contributed by atoms with Crippen LogP contribution in [0, 0.1) is 13.8 Å². The molecule has 106 valence electrons. The quantitative estimate of drug-likeness (QED) is 0.530. The second-order valence-electron chi connectivity index (χ2n) is 4.74. The van der Waals surface area contributed by atoms with Gasteiger partial charge in [-0.15, -0.1) is 0 Å². The van der Waals surface area contributed by atoms with Crippen molar-refractivity contribution in [3.05, 3.63) is 53.1 Å². The minimum absolute atomic E-state index is 1.09. The summed E-state index contributed by atoms with van der Waals surface area (Å²) >= 11 is 0. The Morgan fingerprint density at radius 3 is 2.32 bits per heavy atom. The molecular weight excluding hydrogens is 228 g/mol. The maximum Gasteiger partial charge on any atom is -0.0196 e. The Morgan fingerprint density at radius 2 is 1.79 bits per heavy atom. The van der Waals surface area contributed by atoms with Crippen molar-refractivity contribution in [3.8, 4) is 0 Å². The fraction of sp³-hybridized carbons (Fsp3) is 0.474. The molecule has 0 fully saturated rings. The van der Waals surface area contributed by atoms with Crippen LogP contribution >= 0.6 is 0 Å². The van der Waals surface area contributed by atoms with Crippen molar-refractivity contribution in [1.82, 2.24) is 0 Å². The van der Waals surface area contributed by atoms with Gasteiger partial charge in [0.2, 0.25) is 0 Å². The molecule has 0 spiro atoms. The fourth-order valence-corrected chi connectivity index (χ4v) is 2.00. The van der Waals surface area contributed by atoms with Crippen molar-refractivity contribution in [2.24, 2.45) is 0 Å². The molecule has 0 heterocycles. The van der Waals surface area contributed by atoms with Crippen molar-refractivity contribution in [3.63, 3.8) is 0 Å². The van der Waals surface area contributed by atoms with Crippen LogP contribution in [-0.2, 0) is 0 Å². The first-order valence-corrected chi connectivity index (χ1v) is 7.48. The van der Waals surface area contributed by atoms with Gasteiger partial charge in [0.1, 0.15) is 0 Å². The zero-order chi connectivity index (χ0) is 14.8. The molecule has 0 aliphatic carbocycles. The molecule has 19 heavy (non-hydrogen) atoms. The molecule has 0 heteroatoms. The monoisotopic (exact) mass is 258 g/mol. The van der Waals surface area contributed by atoms with E-state index in [1.165, 1.54) is 27.8 Å². The highest BCUT2D eigenvalue weighted by molar-refractivity contribution is 5.68. The van der Waals surface area contributed by atoms with E-state index in [1.807, 2.05) is 13.8 Å². The van der Waals surface area contributed by atoms with E-state index >= 15 is 0 Å². The third-order valence-electron chi connectivity index (χ3n) is 3.34. The van der Waals surface area contributed by atoms with Crippen LogP contribution in [0.15, 0.2) is 36.4 Å². The number of hydrogen-bond donors (Lipinski definition) is 0. The Kier molecular flexibility index (Phi) is 8.95. The highest BCUT2D eigenvalue weighted by Gasteiger charge is 2.05. The maximum absolute atomic E-state index is 4.09. The molecule has 0 unspecified atom stereocenters. The molecule has 0 amide bonds. The standard InChI is InChI=1S/C17H24.C2H6/c1-6-13(3)9-11-16(7-2)17-12-14(4)8-10-15(17)5;1-2/h7-8,10,12H,3,6,9,11H2,1-2,4-5H3;1-2H3/b16-7-;. The summed E-state index contributed by atoms with van der Waals surface area (Å²) in [5.74, 6) is 0. The average molecular weight is 258 g/mol. The van der Waals surface area contributed by atoms with Crippen LogP contribution in [0.4, 0.5) is 0 Å². The molecule has 0 saturated heterocycles. The first kappa shape index (κ1) is 17.7. The molecule has 0 radical (unpaired) electrons. The third kappa shape index (κ3) is 5.92. The summed E-state index contributed by atoms with van der Waals surface area (Å²) in [4.78, 5) is 0. The van der Waals surface area contributed by atoms with Crippen LogP contribution in [0.2, 0.25) is 0 Å². The Morgan fingerprint density at radius 1 is 1.16 bits per heavy atom. The first-order valence-electron chi connectivity index (χ1n) is 7.48. The summed E-state index contributed by atoms with van der Waals surface area (Å²) in [5, 5.41) is 0. The predicted molar refractivity (Wildman–Crippen MR) is 89.6 cm³/mol. The second-order valence-corrected chi connectivity index (χ2v) is 4.74. The van der Waals surface area contributed by atoms with Gasteiger partial charge < -0.3 is 0 Å². The minimum Gasteiger partial charge on any atom is -0.0999 e. The molecule has 0 atom stereocenters. The van der Waals surface area contributed by atoms with E-state index in [2.05, 4.69) is 58.5 Å². The van der Waals surface area contributed by atoms with Gasteiger partial charge in [-0.1, -0.05) is 62.8 Å². The van der Waals surface area contributed by atoms with E-state index in [-0.39, 0.29) is 0 Å². The van der Waals surface area contributed by atoms with Crippen LogP contribution < -0.4 is 0 Å². The van der Waals surface area contributed by atoms with Crippen LogP contribution in [0.5, 0.6) is 0 Å². The lowest BCUT2D eigenvalue weighted by atomic mass is 9.93. The Balaban J connectivity index is 0.00000154. The molecule has 1 aromatic carbocycles. The maximum atomic E-state index is 4.09. The second kappa shape index (κ2) is 9.61. The van der Waals surface area contributed by atoms with Crippen LogP contribution in [-0.4, -0.2) is 0 Å². The summed E-state index contributed by atoms with van der Waals surface area (Å²) < 4.78 is 0. The molecule has 0 aliphatic rings. The summed E-state index contributed by atoms with van der Waals surface area (Å²) in [6, 6.07) is 6.68. The first-order chi connectivity index (χ1) is 9.08. The Hall–Kier alpha value is -1.30. The molecule has 0 aromatic heterocycles. The molecule has 0 aliphatic heterocycles. The van der Waals surface area contributed by atoms with Gasteiger partial charge in [-0.2, -0.15) is 0 Å². The topological polar surface area (TPSA) is 0 Å². The van der Waals surface area contributed by atoms with Gasteiger partial charge in [0.25, 0.3) is 0 Å². The van der Waals surface area contributed by atoms with Gasteiger partial charge in [0.15, 0.2) is 0 Å². The average Bonchev–Trinajstić information content (AvgIpc) is 2.45. The lowest BCUT2D eigenvalue weighted by Crippen LogP contribution is -1.91. The minimum atomic E-state index is 1.09. The largest absolute Gasteiger partial charge is 0.0999 e. The molecule has 0 bridgehead atoms. The van der Waals surface area contributed by atoms with E-state index in [9.17, 15) is 0 Å². The number of benzene rings is 1. The van der Waals surface area contributed by atoms with Crippen molar-refractivity contribution >= 4 is 5.57 Å². The van der Waals surface area contributed by atoms with Gasteiger partial charge in [0, 0.05) is 0 Å². The van der Waals surface area contributed by atoms with Gasteiger partial charge in [0.05, 0.1) is 0 Å². The fourth-order valence-electron chi connectivity index (χ4n) is 2.00. The van der Waals surface area contributed by atoms with Gasteiger partial charge in [-0.25, -0.2) is 0 Å². The van der Waals surface area contributed by atoms with Gasteiger partial charge in [-0.3, -0.25) is 0 Å². The van der Waals surface area contributed by atoms with Crippen LogP contribution in [0.3, 0.4) is 0 Å². The zero-order valence-corrected chi connectivity index (χ0v) is 13.6. The molecule has 0 N–H and O–H groups in total. The van der Waals surface area contributed by atoms with Crippen LogP contribution in [0.25, 0.3) is 5.57 Å². The smallest absolute Gasteiger partial charge is 0.0196 e. The number of aryl methyl sites for hydroxylation is 2. The van der Waals surface area contributed by atoms with Crippen LogP contribution in [0.1, 0.15) is 63.6 Å². The molecule has 1 rings (SSSR count). The number of rotatable bonds is 5. The van der Waals surface area contributed by atoms with E-state index in [0.717, 1.165) is 19.3 Å². The van der Waals surface area contributed by atoms with Crippen molar-refractivity contribution < 1.29 is 0 Å². The summed E-state index contributed by atoms with van der Waals surface area (Å²) in [7, 11) is 0. The van der Waals surface area contributed by atoms with E-state index < -0.39 is 0 Å². The highest BCUT2D eigenvalue weighted by Crippen LogP contribution is 2.26. The third-order valence-corrected chi connectivity index (χ3v) is 3.34.